The first kappa shape index (κ1) is 21.8. The van der Waals surface area contributed by atoms with Crippen molar-refractivity contribution in [3.05, 3.63) is 76.6 Å². The van der Waals surface area contributed by atoms with Gasteiger partial charge in [-0.3, -0.25) is 14.2 Å². The van der Waals surface area contributed by atoms with E-state index in [9.17, 15) is 14.4 Å². The largest absolute Gasteiger partial charge is 0.465 e. The van der Waals surface area contributed by atoms with Gasteiger partial charge in [0.25, 0.3) is 5.56 Å². The van der Waals surface area contributed by atoms with Crippen LogP contribution in [0.2, 0.25) is 0 Å². The van der Waals surface area contributed by atoms with Crippen LogP contribution in [0.25, 0.3) is 20.7 Å². The number of hydrogen-bond acceptors (Lipinski definition) is 7. The van der Waals surface area contributed by atoms with Crippen molar-refractivity contribution in [2.24, 2.45) is 7.05 Å². The molecule has 7 nitrogen and oxygen atoms in total. The Balaban J connectivity index is 1.48. The first-order chi connectivity index (χ1) is 15.5. The molecule has 2 heterocycles. The predicted molar refractivity (Wildman–Crippen MR) is 127 cm³/mol. The molecule has 0 aliphatic rings. The molecule has 4 rings (SSSR count). The van der Waals surface area contributed by atoms with E-state index in [2.05, 4.69) is 15.0 Å². The quantitative estimate of drug-likeness (QED) is 0.261. The van der Waals surface area contributed by atoms with Crippen molar-refractivity contribution in [3.63, 3.8) is 0 Å². The minimum absolute atomic E-state index is 0.0836. The van der Waals surface area contributed by atoms with Gasteiger partial charge in [-0.05, 0) is 35.9 Å². The second-order valence-corrected chi connectivity index (χ2v) is 8.85. The highest BCUT2D eigenvalue weighted by atomic mass is 32.2. The molecule has 0 saturated carbocycles. The highest BCUT2D eigenvalue weighted by Crippen LogP contribution is 2.31. The summed E-state index contributed by atoms with van der Waals surface area (Å²) >= 11 is 2.60. The summed E-state index contributed by atoms with van der Waals surface area (Å²) in [6, 6.07) is 18.2. The maximum atomic E-state index is 12.8. The third-order valence-corrected chi connectivity index (χ3v) is 6.89. The summed E-state index contributed by atoms with van der Waals surface area (Å²) in [6.45, 7) is 0. The van der Waals surface area contributed by atoms with Gasteiger partial charge in [-0.1, -0.05) is 42.1 Å². The van der Waals surface area contributed by atoms with Gasteiger partial charge in [-0.15, -0.1) is 11.3 Å². The number of anilines is 1. The standard InChI is InChI=1S/C23H19N3O4S2/c1-26-21(28)20-17(12-18(32-20)14-6-4-3-5-7-14)25-23(26)31-13-19(27)24-16-10-8-15(9-11-16)22(29)30-2/h3-12H,13H2,1-2H3,(H,24,27). The van der Waals surface area contributed by atoms with Crippen LogP contribution >= 0.6 is 23.1 Å². The fourth-order valence-corrected chi connectivity index (χ4v) is 4.89. The van der Waals surface area contributed by atoms with Gasteiger partial charge in [0.15, 0.2) is 5.16 Å². The van der Waals surface area contributed by atoms with E-state index in [1.54, 1.807) is 31.3 Å². The van der Waals surface area contributed by atoms with E-state index in [0.717, 1.165) is 10.4 Å². The zero-order valence-electron chi connectivity index (χ0n) is 17.3. The number of thioether (sulfide) groups is 1. The number of benzene rings is 2. The van der Waals surface area contributed by atoms with Gasteiger partial charge in [-0.25, -0.2) is 9.78 Å². The van der Waals surface area contributed by atoms with E-state index in [4.69, 9.17) is 0 Å². The van der Waals surface area contributed by atoms with Crippen LogP contribution in [0.15, 0.2) is 70.6 Å². The van der Waals surface area contributed by atoms with Crippen molar-refractivity contribution in [1.29, 1.82) is 0 Å². The molecule has 0 bridgehead atoms. The Bertz CT molecular complexity index is 1350. The summed E-state index contributed by atoms with van der Waals surface area (Å²) in [4.78, 5) is 42.3. The van der Waals surface area contributed by atoms with Crippen molar-refractivity contribution in [2.45, 2.75) is 5.16 Å². The van der Waals surface area contributed by atoms with E-state index in [1.165, 1.54) is 34.8 Å². The number of fused-ring (bicyclic) bond motifs is 1. The van der Waals surface area contributed by atoms with Crippen LogP contribution in [0.1, 0.15) is 10.4 Å². The number of thiophene rings is 1. The number of aromatic nitrogens is 2. The number of ether oxygens (including phenoxy) is 1. The summed E-state index contributed by atoms with van der Waals surface area (Å²) in [5.41, 5.74) is 2.48. The molecule has 0 spiro atoms. The van der Waals surface area contributed by atoms with Crippen molar-refractivity contribution in [1.82, 2.24) is 9.55 Å². The lowest BCUT2D eigenvalue weighted by atomic mass is 10.2. The van der Waals surface area contributed by atoms with Crippen LogP contribution in [-0.4, -0.2) is 34.3 Å². The number of rotatable bonds is 6. The van der Waals surface area contributed by atoms with E-state index in [-0.39, 0.29) is 17.2 Å². The fraction of sp³-hybridized carbons (Fsp3) is 0.130. The summed E-state index contributed by atoms with van der Waals surface area (Å²) in [7, 11) is 2.97. The third kappa shape index (κ3) is 4.58. The van der Waals surface area contributed by atoms with Gasteiger partial charge < -0.3 is 10.1 Å². The highest BCUT2D eigenvalue weighted by Gasteiger charge is 2.15. The van der Waals surface area contributed by atoms with E-state index >= 15 is 0 Å². The third-order valence-electron chi connectivity index (χ3n) is 4.69. The number of carbonyl (C=O) groups excluding carboxylic acids is 2. The first-order valence-corrected chi connectivity index (χ1v) is 11.4. The summed E-state index contributed by atoms with van der Waals surface area (Å²) in [5, 5.41) is 3.24. The normalized spacial score (nSPS) is 10.8. The molecule has 4 aromatic rings. The lowest BCUT2D eigenvalue weighted by Crippen LogP contribution is -2.20. The molecule has 1 amide bonds. The summed E-state index contributed by atoms with van der Waals surface area (Å²) < 4.78 is 6.72. The molecule has 162 valence electrons. The van der Waals surface area contributed by atoms with Crippen LogP contribution in [-0.2, 0) is 16.6 Å². The molecule has 0 radical (unpaired) electrons. The molecule has 0 unspecified atom stereocenters. The second kappa shape index (κ2) is 9.37. The van der Waals surface area contributed by atoms with Crippen molar-refractivity contribution in [3.8, 4) is 10.4 Å². The molecule has 1 N–H and O–H groups in total. The van der Waals surface area contributed by atoms with Crippen molar-refractivity contribution in [2.75, 3.05) is 18.2 Å². The maximum Gasteiger partial charge on any atom is 0.337 e. The Morgan fingerprint density at radius 2 is 1.84 bits per heavy atom. The zero-order valence-corrected chi connectivity index (χ0v) is 19.0. The molecule has 9 heteroatoms. The molecular formula is C23H19N3O4S2. The van der Waals surface area contributed by atoms with Gasteiger partial charge in [0, 0.05) is 17.6 Å². The van der Waals surface area contributed by atoms with Gasteiger partial charge in [0.2, 0.25) is 5.91 Å². The maximum absolute atomic E-state index is 12.8. The smallest absolute Gasteiger partial charge is 0.337 e. The van der Waals surface area contributed by atoms with Crippen LogP contribution < -0.4 is 10.9 Å². The predicted octanol–water partition coefficient (Wildman–Crippen LogP) is 4.18. The minimum Gasteiger partial charge on any atom is -0.465 e. The number of methoxy groups -OCH3 is 1. The van der Waals surface area contributed by atoms with Crippen LogP contribution in [0, 0.1) is 0 Å². The number of amides is 1. The molecule has 2 aromatic heterocycles. The van der Waals surface area contributed by atoms with Gasteiger partial charge in [0.05, 0.1) is 23.9 Å². The Morgan fingerprint density at radius 3 is 2.53 bits per heavy atom. The second-order valence-electron chi connectivity index (χ2n) is 6.86. The Labute approximate surface area is 192 Å². The lowest BCUT2D eigenvalue weighted by Gasteiger charge is -2.08. The lowest BCUT2D eigenvalue weighted by molar-refractivity contribution is -0.113. The van der Waals surface area contributed by atoms with Crippen molar-refractivity contribution >= 4 is 50.9 Å². The number of esters is 1. The monoisotopic (exact) mass is 465 g/mol. The molecule has 0 atom stereocenters. The van der Waals surface area contributed by atoms with E-state index < -0.39 is 5.97 Å². The fourth-order valence-electron chi connectivity index (χ4n) is 3.04. The van der Waals surface area contributed by atoms with Crippen LogP contribution in [0.4, 0.5) is 5.69 Å². The van der Waals surface area contributed by atoms with Crippen molar-refractivity contribution < 1.29 is 14.3 Å². The van der Waals surface area contributed by atoms with Crippen LogP contribution in [0.3, 0.4) is 0 Å². The highest BCUT2D eigenvalue weighted by molar-refractivity contribution is 7.99. The van der Waals surface area contributed by atoms with Gasteiger partial charge in [-0.2, -0.15) is 0 Å². The Hall–Kier alpha value is -3.43. The average Bonchev–Trinajstić information content (AvgIpc) is 3.25. The van der Waals surface area contributed by atoms with E-state index in [0.29, 0.717) is 26.6 Å². The Morgan fingerprint density at radius 1 is 1.12 bits per heavy atom. The molecule has 0 aliphatic carbocycles. The minimum atomic E-state index is -0.440. The zero-order chi connectivity index (χ0) is 22.7. The molecule has 0 saturated heterocycles. The van der Waals surface area contributed by atoms with Gasteiger partial charge >= 0.3 is 5.97 Å². The number of nitrogens with one attached hydrogen (secondary N) is 1. The SMILES string of the molecule is COC(=O)c1ccc(NC(=O)CSc2nc3cc(-c4ccccc4)sc3c(=O)n2C)cc1. The molecule has 32 heavy (non-hydrogen) atoms. The molecule has 2 aromatic carbocycles. The molecule has 0 fully saturated rings. The summed E-state index contributed by atoms with van der Waals surface area (Å²) in [6.07, 6.45) is 0. The Kier molecular flexibility index (Phi) is 6.38. The average molecular weight is 466 g/mol. The summed E-state index contributed by atoms with van der Waals surface area (Å²) in [5.74, 6) is -0.602. The van der Waals surface area contributed by atoms with Crippen LogP contribution in [0.5, 0.6) is 0 Å². The van der Waals surface area contributed by atoms with Gasteiger partial charge in [0.1, 0.15) is 4.70 Å². The first-order valence-electron chi connectivity index (χ1n) is 9.63. The molecule has 0 aliphatic heterocycles. The topological polar surface area (TPSA) is 90.3 Å². The van der Waals surface area contributed by atoms with E-state index in [1.807, 2.05) is 36.4 Å². The number of carbonyl (C=O) groups is 2. The number of hydrogen-bond donors (Lipinski definition) is 1. The number of nitrogens with zero attached hydrogens (tertiary/aromatic N) is 2. The molecular weight excluding hydrogens is 446 g/mol.